The Morgan fingerprint density at radius 3 is 2.52 bits per heavy atom. The van der Waals surface area contributed by atoms with Gasteiger partial charge in [0.25, 0.3) is 0 Å². The van der Waals surface area contributed by atoms with Crippen LogP contribution in [0.15, 0.2) is 30.3 Å². The Kier molecular flexibility index (Phi) is 4.52. The van der Waals surface area contributed by atoms with Crippen molar-refractivity contribution in [3.8, 4) is 0 Å². The molecule has 3 nitrogen and oxygen atoms in total. The highest BCUT2D eigenvalue weighted by atomic mass is 15.1. The quantitative estimate of drug-likeness (QED) is 0.925. The molecule has 0 spiro atoms. The number of aromatic nitrogens is 1. The van der Waals surface area contributed by atoms with Crippen LogP contribution in [0.1, 0.15) is 33.4 Å². The van der Waals surface area contributed by atoms with Crippen LogP contribution in [0.5, 0.6) is 0 Å². The van der Waals surface area contributed by atoms with Crippen LogP contribution in [0.25, 0.3) is 10.9 Å². The molecule has 1 heterocycles. The van der Waals surface area contributed by atoms with Gasteiger partial charge in [-0.2, -0.15) is 0 Å². The summed E-state index contributed by atoms with van der Waals surface area (Å²) in [6.45, 7) is 9.92. The zero-order chi connectivity index (χ0) is 15.6. The SMILES string of the molecule is CNCc1cc(N(C)C(C)C(C)(C)C)c2ccccc2n1. The van der Waals surface area contributed by atoms with Crippen LogP contribution in [0.3, 0.4) is 0 Å². The number of anilines is 1. The smallest absolute Gasteiger partial charge is 0.0726 e. The summed E-state index contributed by atoms with van der Waals surface area (Å²) in [5.41, 5.74) is 3.63. The van der Waals surface area contributed by atoms with Gasteiger partial charge in [-0.25, -0.2) is 0 Å². The first-order chi connectivity index (χ1) is 9.84. The highest BCUT2D eigenvalue weighted by Gasteiger charge is 2.25. The zero-order valence-corrected chi connectivity index (χ0v) is 14.1. The number of pyridine rings is 1. The number of para-hydroxylation sites is 1. The van der Waals surface area contributed by atoms with E-state index in [0.29, 0.717) is 6.04 Å². The summed E-state index contributed by atoms with van der Waals surface area (Å²) in [4.78, 5) is 7.12. The monoisotopic (exact) mass is 285 g/mol. The summed E-state index contributed by atoms with van der Waals surface area (Å²) in [6.07, 6.45) is 0. The number of benzene rings is 1. The maximum absolute atomic E-state index is 4.74. The number of nitrogens with zero attached hydrogens (tertiary/aromatic N) is 2. The number of rotatable bonds is 4. The second kappa shape index (κ2) is 6.02. The number of hydrogen-bond donors (Lipinski definition) is 1. The predicted molar refractivity (Wildman–Crippen MR) is 91.8 cm³/mol. The molecule has 21 heavy (non-hydrogen) atoms. The molecule has 0 amide bonds. The summed E-state index contributed by atoms with van der Waals surface area (Å²) in [5.74, 6) is 0. The normalized spacial score (nSPS) is 13.4. The molecule has 0 aliphatic heterocycles. The summed E-state index contributed by atoms with van der Waals surface area (Å²) in [6, 6.07) is 11.0. The minimum atomic E-state index is 0.224. The lowest BCUT2D eigenvalue weighted by atomic mass is 9.86. The first-order valence-corrected chi connectivity index (χ1v) is 7.60. The summed E-state index contributed by atoms with van der Waals surface area (Å²) in [5, 5.41) is 4.41. The van der Waals surface area contributed by atoms with E-state index in [-0.39, 0.29) is 5.41 Å². The molecule has 2 aromatic rings. The van der Waals surface area contributed by atoms with Crippen molar-refractivity contribution >= 4 is 16.6 Å². The molecule has 0 aliphatic carbocycles. The lowest BCUT2D eigenvalue weighted by Crippen LogP contribution is -2.39. The molecule has 3 heteroatoms. The number of nitrogens with one attached hydrogen (secondary N) is 1. The Labute approximate surface area is 128 Å². The van der Waals surface area contributed by atoms with Crippen molar-refractivity contribution in [2.24, 2.45) is 5.41 Å². The molecular formula is C18H27N3. The summed E-state index contributed by atoms with van der Waals surface area (Å²) < 4.78 is 0. The zero-order valence-electron chi connectivity index (χ0n) is 14.1. The van der Waals surface area contributed by atoms with Crippen molar-refractivity contribution in [1.29, 1.82) is 0 Å². The molecule has 0 radical (unpaired) electrons. The van der Waals surface area contributed by atoms with Gasteiger partial charge < -0.3 is 10.2 Å². The molecule has 1 aromatic carbocycles. The van der Waals surface area contributed by atoms with Crippen LogP contribution in [0.4, 0.5) is 5.69 Å². The van der Waals surface area contributed by atoms with E-state index in [1.807, 2.05) is 7.05 Å². The Hall–Kier alpha value is -1.61. The second-order valence-corrected chi connectivity index (χ2v) is 6.83. The van der Waals surface area contributed by atoms with E-state index >= 15 is 0 Å². The fraction of sp³-hybridized carbons (Fsp3) is 0.500. The first kappa shape index (κ1) is 15.8. The molecule has 1 atom stereocenters. The Morgan fingerprint density at radius 1 is 1.24 bits per heavy atom. The van der Waals surface area contributed by atoms with Gasteiger partial charge in [0.2, 0.25) is 0 Å². The summed E-state index contributed by atoms with van der Waals surface area (Å²) in [7, 11) is 4.14. The number of fused-ring (bicyclic) bond motifs is 1. The van der Waals surface area contributed by atoms with E-state index in [1.165, 1.54) is 11.1 Å². The van der Waals surface area contributed by atoms with Crippen molar-refractivity contribution in [2.45, 2.75) is 40.3 Å². The van der Waals surface area contributed by atoms with Gasteiger partial charge in [-0.3, -0.25) is 4.98 Å². The highest BCUT2D eigenvalue weighted by molar-refractivity contribution is 5.92. The van der Waals surface area contributed by atoms with Crippen molar-refractivity contribution < 1.29 is 0 Å². The maximum atomic E-state index is 4.74. The summed E-state index contributed by atoms with van der Waals surface area (Å²) >= 11 is 0. The molecule has 2 rings (SSSR count). The molecule has 0 saturated heterocycles. The van der Waals surface area contributed by atoms with Gasteiger partial charge in [0.05, 0.1) is 11.2 Å². The van der Waals surface area contributed by atoms with E-state index in [1.54, 1.807) is 0 Å². The van der Waals surface area contributed by atoms with Crippen LogP contribution in [-0.4, -0.2) is 25.1 Å². The molecular weight excluding hydrogens is 258 g/mol. The molecule has 0 aliphatic rings. The van der Waals surface area contributed by atoms with Crippen LogP contribution in [0, 0.1) is 5.41 Å². The maximum Gasteiger partial charge on any atom is 0.0726 e. The third-order valence-corrected chi connectivity index (χ3v) is 4.32. The van der Waals surface area contributed by atoms with E-state index in [9.17, 15) is 0 Å². The minimum absolute atomic E-state index is 0.224. The van der Waals surface area contributed by atoms with Gasteiger partial charge >= 0.3 is 0 Å². The van der Waals surface area contributed by atoms with Gasteiger partial charge in [-0.05, 0) is 31.5 Å². The van der Waals surface area contributed by atoms with E-state index in [2.05, 4.69) is 75.3 Å². The Morgan fingerprint density at radius 2 is 1.90 bits per heavy atom. The number of hydrogen-bond acceptors (Lipinski definition) is 3. The molecule has 0 bridgehead atoms. The topological polar surface area (TPSA) is 28.2 Å². The molecule has 1 unspecified atom stereocenters. The van der Waals surface area contributed by atoms with Crippen LogP contribution >= 0.6 is 0 Å². The van der Waals surface area contributed by atoms with E-state index in [0.717, 1.165) is 17.8 Å². The van der Waals surface area contributed by atoms with E-state index < -0.39 is 0 Å². The van der Waals surface area contributed by atoms with Crippen molar-refractivity contribution in [1.82, 2.24) is 10.3 Å². The van der Waals surface area contributed by atoms with E-state index in [4.69, 9.17) is 4.98 Å². The largest absolute Gasteiger partial charge is 0.371 e. The van der Waals surface area contributed by atoms with Crippen LogP contribution < -0.4 is 10.2 Å². The van der Waals surface area contributed by atoms with Gasteiger partial charge in [0.1, 0.15) is 0 Å². The van der Waals surface area contributed by atoms with Crippen molar-refractivity contribution in [2.75, 3.05) is 19.0 Å². The lowest BCUT2D eigenvalue weighted by molar-refractivity contribution is 0.330. The lowest BCUT2D eigenvalue weighted by Gasteiger charge is -2.37. The van der Waals surface area contributed by atoms with Gasteiger partial charge in [-0.15, -0.1) is 0 Å². The van der Waals surface area contributed by atoms with Crippen molar-refractivity contribution in [3.05, 3.63) is 36.0 Å². The van der Waals surface area contributed by atoms with Gasteiger partial charge in [0.15, 0.2) is 0 Å². The molecule has 114 valence electrons. The standard InChI is InChI=1S/C18H27N3/c1-13(18(2,3)4)21(6)17-11-14(12-19-5)20-16-10-8-7-9-15(16)17/h7-11,13,19H,12H2,1-6H3. The van der Waals surface area contributed by atoms with Gasteiger partial charge in [-0.1, -0.05) is 39.0 Å². The van der Waals surface area contributed by atoms with Crippen LogP contribution in [-0.2, 0) is 6.54 Å². The Bertz CT molecular complexity index is 613. The van der Waals surface area contributed by atoms with Gasteiger partial charge in [0, 0.05) is 30.7 Å². The fourth-order valence-electron chi connectivity index (χ4n) is 2.56. The minimum Gasteiger partial charge on any atom is -0.371 e. The molecule has 0 saturated carbocycles. The fourth-order valence-corrected chi connectivity index (χ4v) is 2.56. The molecule has 1 N–H and O–H groups in total. The van der Waals surface area contributed by atoms with Crippen LogP contribution in [0.2, 0.25) is 0 Å². The third kappa shape index (κ3) is 3.35. The third-order valence-electron chi connectivity index (χ3n) is 4.32. The average molecular weight is 285 g/mol. The second-order valence-electron chi connectivity index (χ2n) is 6.83. The Balaban J connectivity index is 2.55. The predicted octanol–water partition coefficient (Wildman–Crippen LogP) is 3.83. The molecule has 0 fully saturated rings. The van der Waals surface area contributed by atoms with Crippen molar-refractivity contribution in [3.63, 3.8) is 0 Å². The highest BCUT2D eigenvalue weighted by Crippen LogP contribution is 2.32. The first-order valence-electron chi connectivity index (χ1n) is 7.60. The molecule has 1 aromatic heterocycles. The average Bonchev–Trinajstić information content (AvgIpc) is 2.44.